The van der Waals surface area contributed by atoms with Crippen molar-refractivity contribution >= 4 is 17.3 Å². The van der Waals surface area contributed by atoms with Gasteiger partial charge in [0.15, 0.2) is 0 Å². The Morgan fingerprint density at radius 1 is 0.919 bits per heavy atom. The first-order valence-electron chi connectivity index (χ1n) is 12.6. The molecule has 4 rings (SSSR count). The molecule has 0 fully saturated rings. The van der Waals surface area contributed by atoms with E-state index < -0.39 is 5.97 Å². The lowest BCUT2D eigenvalue weighted by Gasteiger charge is -2.16. The van der Waals surface area contributed by atoms with Crippen LogP contribution in [0.3, 0.4) is 0 Å². The molecule has 0 N–H and O–H groups in total. The van der Waals surface area contributed by atoms with Crippen LogP contribution in [0.4, 0.5) is 0 Å². The number of carboxylic acids is 1. The molecule has 0 saturated carbocycles. The summed E-state index contributed by atoms with van der Waals surface area (Å²) in [4.78, 5) is 19.5. The topological polar surface area (TPSA) is 84.4 Å². The van der Waals surface area contributed by atoms with Crippen molar-refractivity contribution in [3.63, 3.8) is 0 Å². The highest BCUT2D eigenvalue weighted by molar-refractivity contribution is 7.09. The number of rotatable bonds is 13. The highest BCUT2D eigenvalue weighted by Gasteiger charge is 2.10. The molecule has 0 aliphatic carbocycles. The van der Waals surface area contributed by atoms with Crippen molar-refractivity contribution < 1.29 is 19.4 Å². The van der Waals surface area contributed by atoms with Crippen LogP contribution < -0.4 is 14.6 Å². The summed E-state index contributed by atoms with van der Waals surface area (Å²) in [5.41, 5.74) is 4.33. The molecule has 4 aromatic rings. The number of aromatic nitrogens is 2. The molecule has 0 aliphatic heterocycles. The van der Waals surface area contributed by atoms with Gasteiger partial charge in [-0.05, 0) is 48.1 Å². The number of carbonyl (C=O) groups is 1. The van der Waals surface area contributed by atoms with Crippen LogP contribution in [0.15, 0.2) is 72.4 Å². The smallest absolute Gasteiger partial charge is 0.140 e. The van der Waals surface area contributed by atoms with Crippen molar-refractivity contribution in [2.24, 2.45) is 0 Å². The second-order valence-corrected chi connectivity index (χ2v) is 9.88. The molecule has 37 heavy (non-hydrogen) atoms. The number of carboxylic acid groups (broad SMARTS) is 1. The van der Waals surface area contributed by atoms with E-state index in [9.17, 15) is 9.90 Å². The van der Waals surface area contributed by atoms with Crippen molar-refractivity contribution in [2.75, 3.05) is 0 Å². The molecule has 7 heteroatoms. The third kappa shape index (κ3) is 7.40. The van der Waals surface area contributed by atoms with Crippen LogP contribution in [-0.4, -0.2) is 15.9 Å². The zero-order valence-corrected chi connectivity index (χ0v) is 22.0. The molecule has 2 heterocycles. The molecule has 0 saturated heterocycles. The number of ether oxygens (including phenoxy) is 2. The summed E-state index contributed by atoms with van der Waals surface area (Å²) in [5, 5.41) is 13.7. The summed E-state index contributed by atoms with van der Waals surface area (Å²) >= 11 is 1.48. The summed E-state index contributed by atoms with van der Waals surface area (Å²) < 4.78 is 11.7. The first-order valence-corrected chi connectivity index (χ1v) is 13.5. The number of pyridine rings is 1. The Balaban J connectivity index is 1.30. The molecule has 192 valence electrons. The highest BCUT2D eigenvalue weighted by atomic mass is 32.1. The number of hydrogen-bond acceptors (Lipinski definition) is 7. The molecule has 0 atom stereocenters. The lowest BCUT2D eigenvalue weighted by Crippen LogP contribution is -2.22. The molecular formula is C30H31N2O4S-. The Morgan fingerprint density at radius 2 is 1.62 bits per heavy atom. The van der Waals surface area contributed by atoms with Crippen LogP contribution >= 0.6 is 11.3 Å². The Hall–Kier alpha value is -3.71. The predicted molar refractivity (Wildman–Crippen MR) is 144 cm³/mol. The average Bonchev–Trinajstić information content (AvgIpc) is 3.40. The third-order valence-electron chi connectivity index (χ3n) is 6.14. The third-order valence-corrected chi connectivity index (χ3v) is 6.97. The minimum Gasteiger partial charge on any atom is -0.545 e. The largest absolute Gasteiger partial charge is 0.545 e. The zero-order chi connectivity index (χ0) is 26.0. The van der Waals surface area contributed by atoms with Crippen LogP contribution in [0.1, 0.15) is 71.9 Å². The number of nitrogens with zero attached hydrogens (tertiary/aromatic N) is 2. The first kappa shape index (κ1) is 26.4. The molecule has 0 amide bonds. The van der Waals surface area contributed by atoms with E-state index in [1.807, 2.05) is 17.5 Å². The molecule has 0 spiro atoms. The van der Waals surface area contributed by atoms with E-state index in [2.05, 4.69) is 60.2 Å². The van der Waals surface area contributed by atoms with Gasteiger partial charge in [-0.3, -0.25) is 4.98 Å². The maximum Gasteiger partial charge on any atom is 0.140 e. The van der Waals surface area contributed by atoms with Crippen LogP contribution in [0, 0.1) is 0 Å². The van der Waals surface area contributed by atoms with Crippen LogP contribution in [-0.2, 0) is 13.2 Å². The Labute approximate surface area is 222 Å². The SMILES string of the molecule is CCCC(CCC)c1ccc(OCc2ccc(-c3csc(COc4cncc(C(=O)[O-])c4)n3)cc2)cc1. The fraction of sp³-hybridized carbons (Fsp3) is 0.300. The minimum atomic E-state index is -1.29. The van der Waals surface area contributed by atoms with Gasteiger partial charge in [-0.1, -0.05) is 63.1 Å². The Morgan fingerprint density at radius 3 is 2.30 bits per heavy atom. The number of hydrogen-bond donors (Lipinski definition) is 0. The van der Waals surface area contributed by atoms with Gasteiger partial charge in [0.25, 0.3) is 0 Å². The van der Waals surface area contributed by atoms with Gasteiger partial charge in [0.05, 0.1) is 17.9 Å². The molecule has 0 bridgehead atoms. The first-order chi connectivity index (χ1) is 18.1. The van der Waals surface area contributed by atoms with Crippen LogP contribution in [0.5, 0.6) is 11.5 Å². The zero-order valence-electron chi connectivity index (χ0n) is 21.2. The maximum atomic E-state index is 11.0. The maximum absolute atomic E-state index is 11.0. The van der Waals surface area contributed by atoms with E-state index in [0.29, 0.717) is 18.3 Å². The minimum absolute atomic E-state index is 0.0222. The van der Waals surface area contributed by atoms with Gasteiger partial charge in [-0.2, -0.15) is 0 Å². The van der Waals surface area contributed by atoms with Crippen molar-refractivity contribution in [2.45, 2.75) is 58.7 Å². The number of aromatic carboxylic acids is 1. The van der Waals surface area contributed by atoms with Gasteiger partial charge in [0.1, 0.15) is 29.7 Å². The number of carbonyl (C=O) groups excluding carboxylic acids is 1. The second kappa shape index (κ2) is 13.0. The summed E-state index contributed by atoms with van der Waals surface area (Å²) in [7, 11) is 0. The van der Waals surface area contributed by atoms with Gasteiger partial charge < -0.3 is 19.4 Å². The Kier molecular flexibility index (Phi) is 9.27. The van der Waals surface area contributed by atoms with Crippen molar-refractivity contribution in [3.8, 4) is 22.8 Å². The van der Waals surface area contributed by atoms with Crippen LogP contribution in [0.25, 0.3) is 11.3 Å². The number of benzene rings is 2. The fourth-order valence-corrected chi connectivity index (χ4v) is 4.93. The molecule has 2 aromatic carbocycles. The molecule has 2 aromatic heterocycles. The molecule has 0 unspecified atom stereocenters. The van der Waals surface area contributed by atoms with Gasteiger partial charge in [-0.25, -0.2) is 4.98 Å². The average molecular weight is 516 g/mol. The molecule has 0 radical (unpaired) electrons. The second-order valence-electron chi connectivity index (χ2n) is 8.94. The molecular weight excluding hydrogens is 484 g/mol. The quantitative estimate of drug-likeness (QED) is 0.205. The standard InChI is InChI=1S/C30H32N2O4S/c1-3-5-22(6-4-2)23-11-13-26(14-12-23)35-18-21-7-9-24(10-8-21)28-20-37-29(32-28)19-36-27-15-25(30(33)34)16-31-17-27/h7-17,20,22H,3-6,18-19H2,1-2H3,(H,33,34)/p-1. The lowest BCUT2D eigenvalue weighted by atomic mass is 9.90. The van der Waals surface area contributed by atoms with E-state index >= 15 is 0 Å². The Bertz CT molecular complexity index is 1280. The normalized spacial score (nSPS) is 11.0. The van der Waals surface area contributed by atoms with E-state index in [1.165, 1.54) is 61.0 Å². The van der Waals surface area contributed by atoms with Gasteiger partial charge >= 0.3 is 0 Å². The van der Waals surface area contributed by atoms with E-state index in [0.717, 1.165) is 27.6 Å². The van der Waals surface area contributed by atoms with Gasteiger partial charge in [-0.15, -0.1) is 11.3 Å². The van der Waals surface area contributed by atoms with E-state index in [-0.39, 0.29) is 12.2 Å². The lowest BCUT2D eigenvalue weighted by molar-refractivity contribution is -0.255. The number of thiazole rings is 1. The van der Waals surface area contributed by atoms with Crippen LogP contribution in [0.2, 0.25) is 0 Å². The summed E-state index contributed by atoms with van der Waals surface area (Å²) in [5.74, 6) is 0.583. The van der Waals surface area contributed by atoms with E-state index in [4.69, 9.17) is 9.47 Å². The van der Waals surface area contributed by atoms with Crippen molar-refractivity contribution in [1.82, 2.24) is 9.97 Å². The fourth-order valence-electron chi connectivity index (χ4n) is 4.21. The summed E-state index contributed by atoms with van der Waals surface area (Å²) in [6, 6.07) is 18.1. The summed E-state index contributed by atoms with van der Waals surface area (Å²) in [6.07, 6.45) is 7.55. The predicted octanol–water partition coefficient (Wildman–Crippen LogP) is 6.41. The summed E-state index contributed by atoms with van der Waals surface area (Å²) in [6.45, 7) is 5.22. The van der Waals surface area contributed by atoms with E-state index in [1.54, 1.807) is 0 Å². The van der Waals surface area contributed by atoms with Crippen molar-refractivity contribution in [3.05, 3.63) is 94.1 Å². The van der Waals surface area contributed by atoms with Gasteiger partial charge in [0, 0.05) is 22.7 Å². The highest BCUT2D eigenvalue weighted by Crippen LogP contribution is 2.28. The monoisotopic (exact) mass is 515 g/mol. The van der Waals surface area contributed by atoms with Gasteiger partial charge in [0.2, 0.25) is 0 Å². The molecule has 0 aliphatic rings. The van der Waals surface area contributed by atoms with Crippen molar-refractivity contribution in [1.29, 1.82) is 0 Å². The molecule has 6 nitrogen and oxygen atoms in total.